The number of ketones is 2. The van der Waals surface area contributed by atoms with E-state index in [4.69, 9.17) is 9.47 Å². The second kappa shape index (κ2) is 10.9. The zero-order chi connectivity index (χ0) is 30.2. The maximum absolute atomic E-state index is 13.9. The smallest absolute Gasteiger partial charge is 0.426 e. The van der Waals surface area contributed by atoms with Crippen LogP contribution in [0.25, 0.3) is 0 Å². The number of ether oxygens (including phenoxy) is 2. The van der Waals surface area contributed by atoms with Crippen molar-refractivity contribution in [3.05, 3.63) is 46.5 Å². The highest BCUT2D eigenvalue weighted by molar-refractivity contribution is 6.33. The second-order valence-corrected chi connectivity index (χ2v) is 11.1. The molecule has 1 aliphatic rings. The molecule has 2 aromatic carbocycles. The van der Waals surface area contributed by atoms with Gasteiger partial charge in [-0.25, -0.2) is 20.4 Å². The Morgan fingerprint density at radius 2 is 1.00 bits per heavy atom. The number of anilines is 2. The molecule has 40 heavy (non-hydrogen) atoms. The van der Waals surface area contributed by atoms with Gasteiger partial charge in [-0.2, -0.15) is 0 Å². The van der Waals surface area contributed by atoms with E-state index >= 15 is 0 Å². The van der Waals surface area contributed by atoms with Crippen molar-refractivity contribution in [3.63, 3.8) is 0 Å². The van der Waals surface area contributed by atoms with Gasteiger partial charge in [-0.15, -0.1) is 0 Å². The maximum atomic E-state index is 13.9. The minimum Gasteiger partial charge on any atom is -0.507 e. The standard InChI is InChI=1S/C28H36N4O8/c1-9-31(29-25(37)39-27(3,4)5)15-11-12-16(32(10-2)30-26(38)40-28(6,7)8)20-19(15)23(35)21-17(33)13-14-18(34)22(21)24(20)36/h11-14,33-34H,9-10H2,1-8H3,(H,29,37)(H,30,38). The van der Waals surface area contributed by atoms with Crippen molar-refractivity contribution >= 4 is 35.1 Å². The molecular formula is C28H36N4O8. The molecule has 0 bridgehead atoms. The molecule has 12 nitrogen and oxygen atoms in total. The van der Waals surface area contributed by atoms with Crippen LogP contribution in [0.2, 0.25) is 0 Å². The van der Waals surface area contributed by atoms with Crippen LogP contribution in [0.3, 0.4) is 0 Å². The summed E-state index contributed by atoms with van der Waals surface area (Å²) in [5.74, 6) is -2.49. The molecule has 0 spiro atoms. The first-order chi connectivity index (χ1) is 18.5. The Morgan fingerprint density at radius 3 is 1.27 bits per heavy atom. The molecule has 1 aliphatic carbocycles. The summed E-state index contributed by atoms with van der Waals surface area (Å²) in [4.78, 5) is 53.1. The number of hydrogen-bond donors (Lipinski definition) is 4. The predicted molar refractivity (Wildman–Crippen MR) is 148 cm³/mol. The SMILES string of the molecule is CCN(NC(=O)OC(C)(C)C)c1ccc(N(CC)NC(=O)OC(C)(C)C)c2c1C(=O)c1c(O)ccc(O)c1C2=O. The lowest BCUT2D eigenvalue weighted by Gasteiger charge is -2.33. The highest BCUT2D eigenvalue weighted by Crippen LogP contribution is 2.43. The van der Waals surface area contributed by atoms with Crippen LogP contribution >= 0.6 is 0 Å². The first kappa shape index (κ1) is 30.1. The van der Waals surface area contributed by atoms with Gasteiger partial charge in [0.1, 0.15) is 22.7 Å². The van der Waals surface area contributed by atoms with Crippen molar-refractivity contribution in [1.82, 2.24) is 10.9 Å². The number of hydrazine groups is 2. The van der Waals surface area contributed by atoms with Gasteiger partial charge in [0.15, 0.2) is 0 Å². The van der Waals surface area contributed by atoms with Crippen LogP contribution in [-0.2, 0) is 9.47 Å². The predicted octanol–water partition coefficient (Wildman–Crippen LogP) is 4.41. The van der Waals surface area contributed by atoms with Crippen LogP contribution in [0.5, 0.6) is 11.5 Å². The van der Waals surface area contributed by atoms with Gasteiger partial charge in [0.2, 0.25) is 11.6 Å². The normalized spacial score (nSPS) is 12.7. The van der Waals surface area contributed by atoms with E-state index in [1.54, 1.807) is 55.4 Å². The Morgan fingerprint density at radius 1 is 0.675 bits per heavy atom. The summed E-state index contributed by atoms with van der Waals surface area (Å²) in [5.41, 5.74) is 2.86. The van der Waals surface area contributed by atoms with Crippen LogP contribution in [0.4, 0.5) is 21.0 Å². The molecule has 4 N–H and O–H groups in total. The van der Waals surface area contributed by atoms with Gasteiger partial charge in [0, 0.05) is 13.1 Å². The number of nitrogens with zero attached hydrogens (tertiary/aromatic N) is 2. The monoisotopic (exact) mass is 556 g/mol. The first-order valence-corrected chi connectivity index (χ1v) is 12.8. The fourth-order valence-electron chi connectivity index (χ4n) is 4.22. The molecule has 0 aliphatic heterocycles. The van der Waals surface area contributed by atoms with Crippen molar-refractivity contribution in [2.45, 2.75) is 66.6 Å². The molecule has 0 unspecified atom stereocenters. The van der Waals surface area contributed by atoms with Crippen LogP contribution in [0, 0.1) is 0 Å². The van der Waals surface area contributed by atoms with E-state index in [-0.39, 0.29) is 46.7 Å². The fraction of sp³-hybridized carbons (Fsp3) is 0.429. The lowest BCUT2D eigenvalue weighted by atomic mass is 9.81. The van der Waals surface area contributed by atoms with E-state index in [0.29, 0.717) is 0 Å². The molecule has 216 valence electrons. The molecule has 0 radical (unpaired) electrons. The van der Waals surface area contributed by atoms with Crippen molar-refractivity contribution in [3.8, 4) is 11.5 Å². The molecule has 2 aromatic rings. The Bertz CT molecular complexity index is 1260. The summed E-state index contributed by atoms with van der Waals surface area (Å²) in [6.45, 7) is 14.0. The Kier molecular flexibility index (Phi) is 8.23. The topological polar surface area (TPSA) is 158 Å². The number of rotatable bonds is 6. The summed E-state index contributed by atoms with van der Waals surface area (Å²) >= 11 is 0. The van der Waals surface area contributed by atoms with Gasteiger partial charge in [-0.05, 0) is 79.7 Å². The molecule has 0 heterocycles. The molecule has 0 saturated heterocycles. The van der Waals surface area contributed by atoms with Gasteiger partial charge in [0.05, 0.1) is 33.6 Å². The van der Waals surface area contributed by atoms with Gasteiger partial charge < -0.3 is 19.7 Å². The molecule has 0 saturated carbocycles. The van der Waals surface area contributed by atoms with Crippen LogP contribution in [0.15, 0.2) is 24.3 Å². The van der Waals surface area contributed by atoms with Crippen molar-refractivity contribution < 1.29 is 38.9 Å². The lowest BCUT2D eigenvalue weighted by molar-refractivity contribution is 0.0509. The Hall–Kier alpha value is -4.48. The van der Waals surface area contributed by atoms with E-state index in [9.17, 15) is 29.4 Å². The molecule has 0 aromatic heterocycles. The number of carbonyl (C=O) groups excluding carboxylic acids is 4. The second-order valence-electron chi connectivity index (χ2n) is 11.1. The number of nitrogens with one attached hydrogen (secondary N) is 2. The third-order valence-corrected chi connectivity index (χ3v) is 5.70. The number of benzene rings is 2. The van der Waals surface area contributed by atoms with Crippen LogP contribution < -0.4 is 20.9 Å². The Labute approximate surface area is 232 Å². The molecule has 3 rings (SSSR count). The summed E-state index contributed by atoms with van der Waals surface area (Å²) in [5, 5.41) is 23.7. The van der Waals surface area contributed by atoms with E-state index in [0.717, 1.165) is 12.1 Å². The first-order valence-electron chi connectivity index (χ1n) is 12.8. The summed E-state index contributed by atoms with van der Waals surface area (Å²) in [7, 11) is 0. The molecule has 12 heteroatoms. The molecule has 2 amide bonds. The number of carbonyl (C=O) groups is 4. The number of phenols is 2. The van der Waals surface area contributed by atoms with Gasteiger partial charge in [-0.1, -0.05) is 0 Å². The van der Waals surface area contributed by atoms with Gasteiger partial charge in [-0.3, -0.25) is 19.6 Å². The lowest BCUT2D eigenvalue weighted by Crippen LogP contribution is -2.47. The summed E-state index contributed by atoms with van der Waals surface area (Å²) in [6, 6.07) is 5.24. The zero-order valence-corrected chi connectivity index (χ0v) is 24.0. The molecular weight excluding hydrogens is 520 g/mol. The highest BCUT2D eigenvalue weighted by Gasteiger charge is 2.40. The average molecular weight is 557 g/mol. The molecule has 0 fully saturated rings. The molecule has 0 atom stereocenters. The average Bonchev–Trinajstić information content (AvgIpc) is 2.82. The van der Waals surface area contributed by atoms with E-state index in [2.05, 4.69) is 10.9 Å². The summed E-state index contributed by atoms with van der Waals surface area (Å²) in [6.07, 6.45) is -1.58. The number of aromatic hydroxyl groups is 2. The van der Waals surface area contributed by atoms with Crippen molar-refractivity contribution in [1.29, 1.82) is 0 Å². The van der Waals surface area contributed by atoms with Crippen molar-refractivity contribution in [2.75, 3.05) is 23.1 Å². The van der Waals surface area contributed by atoms with E-state index < -0.39 is 46.5 Å². The highest BCUT2D eigenvalue weighted by atomic mass is 16.6. The number of hydrogen-bond acceptors (Lipinski definition) is 10. The van der Waals surface area contributed by atoms with Crippen LogP contribution in [0.1, 0.15) is 87.2 Å². The number of amides is 2. The van der Waals surface area contributed by atoms with Crippen molar-refractivity contribution in [2.24, 2.45) is 0 Å². The number of fused-ring (bicyclic) bond motifs is 2. The minimum absolute atomic E-state index is 0.141. The quantitative estimate of drug-likeness (QED) is 0.253. The minimum atomic E-state index is -0.796. The maximum Gasteiger partial charge on any atom is 0.426 e. The van der Waals surface area contributed by atoms with Crippen LogP contribution in [-0.4, -0.2) is 58.3 Å². The van der Waals surface area contributed by atoms with Gasteiger partial charge >= 0.3 is 12.2 Å². The van der Waals surface area contributed by atoms with E-state index in [1.165, 1.54) is 22.2 Å². The van der Waals surface area contributed by atoms with Gasteiger partial charge in [0.25, 0.3) is 0 Å². The fourth-order valence-corrected chi connectivity index (χ4v) is 4.22. The summed E-state index contributed by atoms with van der Waals surface area (Å²) < 4.78 is 10.7. The van der Waals surface area contributed by atoms with E-state index in [1.807, 2.05) is 0 Å². The Balaban J connectivity index is 2.23. The number of phenolic OH excluding ortho intramolecular Hbond substituents is 2. The zero-order valence-electron chi connectivity index (χ0n) is 24.0. The third-order valence-electron chi connectivity index (χ3n) is 5.70. The largest absolute Gasteiger partial charge is 0.507 e. The third kappa shape index (κ3) is 6.22.